The van der Waals surface area contributed by atoms with Crippen molar-refractivity contribution in [2.45, 2.75) is 13.5 Å². The molecule has 18 heavy (non-hydrogen) atoms. The molecule has 0 saturated heterocycles. The lowest BCUT2D eigenvalue weighted by Gasteiger charge is -1.95. The smallest absolute Gasteiger partial charge is 0.249 e. The van der Waals surface area contributed by atoms with Crippen molar-refractivity contribution in [3.8, 4) is 0 Å². The van der Waals surface area contributed by atoms with Crippen molar-refractivity contribution in [3.63, 3.8) is 0 Å². The number of anilines is 1. The Hall–Kier alpha value is -2.37. The minimum absolute atomic E-state index is 0.210. The van der Waals surface area contributed by atoms with Gasteiger partial charge in [0.1, 0.15) is 0 Å². The van der Waals surface area contributed by atoms with E-state index in [1.807, 2.05) is 13.1 Å². The minimum Gasteiger partial charge on any atom is -0.306 e. The van der Waals surface area contributed by atoms with Gasteiger partial charge in [-0.25, -0.2) is 0 Å². The molecule has 2 aromatic heterocycles. The van der Waals surface area contributed by atoms with Gasteiger partial charge >= 0.3 is 0 Å². The number of hydrogen-bond donors (Lipinski definition) is 1. The molecule has 2 rings (SSSR count). The molecule has 0 aliphatic rings. The van der Waals surface area contributed by atoms with Gasteiger partial charge in [0.25, 0.3) is 0 Å². The first-order chi connectivity index (χ1) is 8.67. The maximum Gasteiger partial charge on any atom is 0.249 e. The normalized spacial score (nSPS) is 11.0. The Labute approximate surface area is 105 Å². The number of nitrogens with zero attached hydrogens (tertiary/aromatic N) is 4. The molecular formula is C12H15N5O. The summed E-state index contributed by atoms with van der Waals surface area (Å²) in [5.74, 6) is 0.328. The van der Waals surface area contributed by atoms with Crippen LogP contribution in [0.1, 0.15) is 12.5 Å². The summed E-state index contributed by atoms with van der Waals surface area (Å²) in [6.07, 6.45) is 8.55. The summed E-state index contributed by atoms with van der Waals surface area (Å²) in [7, 11) is 1.80. The molecule has 0 aromatic carbocycles. The molecule has 2 heterocycles. The Balaban J connectivity index is 1.94. The summed E-state index contributed by atoms with van der Waals surface area (Å²) in [5, 5.41) is 10.8. The zero-order valence-electron chi connectivity index (χ0n) is 10.4. The predicted octanol–water partition coefficient (Wildman–Crippen LogP) is 1.29. The van der Waals surface area contributed by atoms with E-state index < -0.39 is 0 Å². The van der Waals surface area contributed by atoms with Gasteiger partial charge in [0, 0.05) is 43.7 Å². The number of rotatable bonds is 4. The van der Waals surface area contributed by atoms with Crippen molar-refractivity contribution in [1.82, 2.24) is 19.6 Å². The van der Waals surface area contributed by atoms with Crippen LogP contribution in [0.4, 0.5) is 5.82 Å². The lowest BCUT2D eigenvalue weighted by molar-refractivity contribution is -0.111. The van der Waals surface area contributed by atoms with Crippen molar-refractivity contribution >= 4 is 17.8 Å². The number of amides is 1. The molecule has 1 amide bonds. The summed E-state index contributed by atoms with van der Waals surface area (Å²) >= 11 is 0. The van der Waals surface area contributed by atoms with Crippen LogP contribution >= 0.6 is 0 Å². The molecule has 0 aliphatic heterocycles. The van der Waals surface area contributed by atoms with Crippen LogP contribution in [0.5, 0.6) is 0 Å². The van der Waals surface area contributed by atoms with Gasteiger partial charge in [-0.3, -0.25) is 14.2 Å². The van der Waals surface area contributed by atoms with E-state index in [1.54, 1.807) is 40.9 Å². The number of aryl methyl sites for hydroxylation is 2. The summed E-state index contributed by atoms with van der Waals surface area (Å²) in [5.41, 5.74) is 0.896. The Morgan fingerprint density at radius 1 is 1.56 bits per heavy atom. The van der Waals surface area contributed by atoms with E-state index in [-0.39, 0.29) is 5.91 Å². The molecule has 94 valence electrons. The fraction of sp³-hybridized carbons (Fsp3) is 0.250. The van der Waals surface area contributed by atoms with Crippen molar-refractivity contribution in [2.75, 3.05) is 5.32 Å². The highest BCUT2D eigenvalue weighted by Crippen LogP contribution is 2.03. The first-order valence-electron chi connectivity index (χ1n) is 5.68. The van der Waals surface area contributed by atoms with Crippen molar-refractivity contribution in [2.24, 2.45) is 7.05 Å². The Morgan fingerprint density at radius 2 is 2.39 bits per heavy atom. The third-order valence-corrected chi connectivity index (χ3v) is 2.37. The lowest BCUT2D eigenvalue weighted by atomic mass is 10.3. The van der Waals surface area contributed by atoms with Gasteiger partial charge in [0.2, 0.25) is 5.91 Å². The Kier molecular flexibility index (Phi) is 3.57. The molecule has 6 heteroatoms. The number of carbonyl (C=O) groups excluding carboxylic acids is 1. The second-order valence-corrected chi connectivity index (χ2v) is 3.83. The van der Waals surface area contributed by atoms with E-state index in [0.717, 1.165) is 12.1 Å². The third kappa shape index (κ3) is 3.07. The molecule has 0 unspecified atom stereocenters. The third-order valence-electron chi connectivity index (χ3n) is 2.37. The van der Waals surface area contributed by atoms with Crippen LogP contribution in [0.2, 0.25) is 0 Å². The van der Waals surface area contributed by atoms with E-state index in [0.29, 0.717) is 5.82 Å². The number of hydrogen-bond acceptors (Lipinski definition) is 3. The minimum atomic E-state index is -0.210. The van der Waals surface area contributed by atoms with Crippen LogP contribution in [0.15, 0.2) is 30.7 Å². The van der Waals surface area contributed by atoms with E-state index in [1.165, 1.54) is 6.08 Å². The van der Waals surface area contributed by atoms with Crippen LogP contribution in [0.3, 0.4) is 0 Å². The zero-order valence-corrected chi connectivity index (χ0v) is 10.4. The van der Waals surface area contributed by atoms with Gasteiger partial charge in [0.05, 0.1) is 6.20 Å². The average Bonchev–Trinajstić information content (AvgIpc) is 2.95. The van der Waals surface area contributed by atoms with E-state index >= 15 is 0 Å². The molecule has 6 nitrogen and oxygen atoms in total. The Morgan fingerprint density at radius 3 is 3.00 bits per heavy atom. The maximum atomic E-state index is 11.6. The summed E-state index contributed by atoms with van der Waals surface area (Å²) in [6, 6.07) is 1.74. The number of carbonyl (C=O) groups is 1. The zero-order chi connectivity index (χ0) is 13.0. The van der Waals surface area contributed by atoms with Gasteiger partial charge in [-0.2, -0.15) is 10.2 Å². The average molecular weight is 245 g/mol. The first-order valence-corrected chi connectivity index (χ1v) is 5.68. The van der Waals surface area contributed by atoms with Gasteiger partial charge in [-0.15, -0.1) is 0 Å². The summed E-state index contributed by atoms with van der Waals surface area (Å²) < 4.78 is 3.43. The predicted molar refractivity (Wildman–Crippen MR) is 68.8 cm³/mol. The maximum absolute atomic E-state index is 11.6. The molecule has 0 bridgehead atoms. The van der Waals surface area contributed by atoms with Crippen LogP contribution < -0.4 is 5.32 Å². The molecule has 0 saturated carbocycles. The monoisotopic (exact) mass is 245 g/mol. The molecule has 0 fully saturated rings. The number of nitrogens with one attached hydrogen (secondary N) is 1. The van der Waals surface area contributed by atoms with Gasteiger partial charge in [0.15, 0.2) is 5.82 Å². The molecule has 1 N–H and O–H groups in total. The molecule has 2 aromatic rings. The van der Waals surface area contributed by atoms with Crippen molar-refractivity contribution in [3.05, 3.63) is 36.3 Å². The van der Waals surface area contributed by atoms with E-state index in [9.17, 15) is 4.79 Å². The second kappa shape index (κ2) is 5.31. The fourth-order valence-electron chi connectivity index (χ4n) is 1.46. The second-order valence-electron chi connectivity index (χ2n) is 3.83. The van der Waals surface area contributed by atoms with Crippen molar-refractivity contribution < 1.29 is 4.79 Å². The van der Waals surface area contributed by atoms with Crippen LogP contribution in [0.25, 0.3) is 6.08 Å². The highest BCUT2D eigenvalue weighted by Gasteiger charge is 2.00. The van der Waals surface area contributed by atoms with Crippen LogP contribution in [0, 0.1) is 0 Å². The molecule has 0 spiro atoms. The SMILES string of the molecule is CCn1cc(/C=C/C(=O)Nc2ccn(C)n2)cn1. The van der Waals surface area contributed by atoms with Gasteiger partial charge < -0.3 is 5.32 Å². The largest absolute Gasteiger partial charge is 0.306 e. The van der Waals surface area contributed by atoms with E-state index in [4.69, 9.17) is 0 Å². The Bertz CT molecular complexity index is 567. The quantitative estimate of drug-likeness (QED) is 0.825. The number of aromatic nitrogens is 4. The van der Waals surface area contributed by atoms with Crippen LogP contribution in [-0.4, -0.2) is 25.5 Å². The first kappa shape index (κ1) is 12.1. The molecule has 0 aliphatic carbocycles. The highest BCUT2D eigenvalue weighted by molar-refractivity contribution is 6.01. The lowest BCUT2D eigenvalue weighted by Crippen LogP contribution is -2.08. The summed E-state index contributed by atoms with van der Waals surface area (Å²) in [4.78, 5) is 11.6. The fourth-order valence-corrected chi connectivity index (χ4v) is 1.46. The molecule has 0 radical (unpaired) electrons. The van der Waals surface area contributed by atoms with Gasteiger partial charge in [-0.05, 0) is 13.0 Å². The van der Waals surface area contributed by atoms with Crippen LogP contribution in [-0.2, 0) is 18.4 Å². The highest BCUT2D eigenvalue weighted by atomic mass is 16.1. The standard InChI is InChI=1S/C12H15N5O/c1-3-17-9-10(8-13-17)4-5-12(18)14-11-6-7-16(2)15-11/h4-9H,3H2,1-2H3,(H,14,15,18)/b5-4+. The molecular weight excluding hydrogens is 230 g/mol. The van der Waals surface area contributed by atoms with Crippen molar-refractivity contribution in [1.29, 1.82) is 0 Å². The topological polar surface area (TPSA) is 64.7 Å². The van der Waals surface area contributed by atoms with E-state index in [2.05, 4.69) is 15.5 Å². The summed E-state index contributed by atoms with van der Waals surface area (Å²) in [6.45, 7) is 2.82. The van der Waals surface area contributed by atoms with Gasteiger partial charge in [-0.1, -0.05) is 0 Å². The molecule has 0 atom stereocenters.